The van der Waals surface area contributed by atoms with Crippen LogP contribution >= 0.6 is 15.9 Å². The largest absolute Gasteiger partial charge is 0.443 e. The summed E-state index contributed by atoms with van der Waals surface area (Å²) in [6, 6.07) is 5.87. The van der Waals surface area contributed by atoms with Gasteiger partial charge in [0.05, 0.1) is 11.3 Å². The van der Waals surface area contributed by atoms with Crippen molar-refractivity contribution in [1.29, 1.82) is 0 Å². The van der Waals surface area contributed by atoms with Crippen LogP contribution in [0, 0.1) is 33.6 Å². The van der Waals surface area contributed by atoms with Gasteiger partial charge in [0, 0.05) is 28.8 Å². The second-order valence-corrected chi connectivity index (χ2v) is 8.65. The fourth-order valence-corrected chi connectivity index (χ4v) is 4.16. The van der Waals surface area contributed by atoms with E-state index in [1.807, 2.05) is 45.9 Å². The maximum absolute atomic E-state index is 12.9. The van der Waals surface area contributed by atoms with Crippen molar-refractivity contribution in [3.63, 3.8) is 0 Å². The SMILES string of the molecule is Cc1nc(N2CCC[C@H](C(=O)Nc3ccc(Br)c(C)c3)C2)c2c(C)c(C)oc2n1. The molecular formula is C22H25BrN4O2. The first-order valence-corrected chi connectivity index (χ1v) is 10.7. The molecule has 2 aromatic heterocycles. The predicted octanol–water partition coefficient (Wildman–Crippen LogP) is 5.07. The van der Waals surface area contributed by atoms with Crippen LogP contribution in [0.5, 0.6) is 0 Å². The van der Waals surface area contributed by atoms with Gasteiger partial charge in [-0.2, -0.15) is 4.98 Å². The zero-order valence-electron chi connectivity index (χ0n) is 17.2. The summed E-state index contributed by atoms with van der Waals surface area (Å²) in [5.74, 6) is 2.37. The summed E-state index contributed by atoms with van der Waals surface area (Å²) in [6.45, 7) is 9.38. The molecule has 3 aromatic rings. The summed E-state index contributed by atoms with van der Waals surface area (Å²) >= 11 is 3.50. The molecule has 1 amide bonds. The average molecular weight is 457 g/mol. The predicted molar refractivity (Wildman–Crippen MR) is 118 cm³/mol. The molecule has 6 nitrogen and oxygen atoms in total. The molecule has 0 bridgehead atoms. The van der Waals surface area contributed by atoms with E-state index < -0.39 is 0 Å². The first kappa shape index (κ1) is 19.9. The van der Waals surface area contributed by atoms with Crippen LogP contribution in [0.25, 0.3) is 11.1 Å². The number of aryl methyl sites for hydroxylation is 4. The van der Waals surface area contributed by atoms with Crippen molar-refractivity contribution < 1.29 is 9.21 Å². The second-order valence-electron chi connectivity index (χ2n) is 7.80. The van der Waals surface area contributed by atoms with E-state index in [1.165, 1.54) is 0 Å². The first-order chi connectivity index (χ1) is 13.8. The fourth-order valence-electron chi connectivity index (χ4n) is 3.91. The van der Waals surface area contributed by atoms with Gasteiger partial charge in [0.15, 0.2) is 0 Å². The van der Waals surface area contributed by atoms with E-state index in [0.29, 0.717) is 18.1 Å². The summed E-state index contributed by atoms with van der Waals surface area (Å²) in [5, 5.41) is 4.03. The van der Waals surface area contributed by atoms with E-state index in [9.17, 15) is 4.79 Å². The number of anilines is 2. The number of furan rings is 1. The lowest BCUT2D eigenvalue weighted by molar-refractivity contribution is -0.120. The van der Waals surface area contributed by atoms with E-state index in [0.717, 1.165) is 57.6 Å². The highest BCUT2D eigenvalue weighted by Crippen LogP contribution is 2.33. The third-order valence-corrected chi connectivity index (χ3v) is 6.53. The fraction of sp³-hybridized carbons (Fsp3) is 0.409. The molecule has 0 radical (unpaired) electrons. The number of piperidine rings is 1. The molecule has 1 fully saturated rings. The van der Waals surface area contributed by atoms with Gasteiger partial charge in [0.25, 0.3) is 0 Å². The minimum absolute atomic E-state index is 0.0542. The number of nitrogens with zero attached hydrogens (tertiary/aromatic N) is 3. The van der Waals surface area contributed by atoms with Crippen molar-refractivity contribution in [3.05, 3.63) is 45.4 Å². The third-order valence-electron chi connectivity index (χ3n) is 5.64. The molecule has 0 aliphatic carbocycles. The Morgan fingerprint density at radius 1 is 1.24 bits per heavy atom. The molecule has 3 heterocycles. The Morgan fingerprint density at radius 3 is 2.79 bits per heavy atom. The molecule has 4 rings (SSSR count). The highest BCUT2D eigenvalue weighted by Gasteiger charge is 2.29. The Balaban J connectivity index is 1.58. The number of carbonyl (C=O) groups is 1. The summed E-state index contributed by atoms with van der Waals surface area (Å²) < 4.78 is 6.86. The van der Waals surface area contributed by atoms with Crippen LogP contribution in [0.1, 0.15) is 35.6 Å². The van der Waals surface area contributed by atoms with E-state index in [4.69, 9.17) is 9.40 Å². The Labute approximate surface area is 178 Å². The highest BCUT2D eigenvalue weighted by molar-refractivity contribution is 9.10. The summed E-state index contributed by atoms with van der Waals surface area (Å²) in [7, 11) is 0. The number of carbonyl (C=O) groups excluding carboxylic acids is 1. The van der Waals surface area contributed by atoms with Gasteiger partial charge < -0.3 is 14.6 Å². The Kier molecular flexibility index (Phi) is 5.34. The number of hydrogen-bond acceptors (Lipinski definition) is 5. The maximum atomic E-state index is 12.9. The number of hydrogen-bond donors (Lipinski definition) is 1. The molecule has 7 heteroatoms. The summed E-state index contributed by atoms with van der Waals surface area (Å²) in [6.07, 6.45) is 1.81. The molecule has 152 valence electrons. The maximum Gasteiger partial charge on any atom is 0.231 e. The van der Waals surface area contributed by atoms with Crippen molar-refractivity contribution in [2.75, 3.05) is 23.3 Å². The van der Waals surface area contributed by atoms with Crippen LogP contribution in [0.4, 0.5) is 11.5 Å². The van der Waals surface area contributed by atoms with Gasteiger partial charge >= 0.3 is 0 Å². The van der Waals surface area contributed by atoms with Gasteiger partial charge in [0.2, 0.25) is 11.6 Å². The van der Waals surface area contributed by atoms with E-state index >= 15 is 0 Å². The number of nitrogens with one attached hydrogen (secondary N) is 1. The van der Waals surface area contributed by atoms with E-state index in [2.05, 4.69) is 31.1 Å². The monoisotopic (exact) mass is 456 g/mol. The van der Waals surface area contributed by atoms with Crippen molar-refractivity contribution >= 4 is 44.4 Å². The number of halogens is 1. The standard InChI is InChI=1S/C22H25BrN4O2/c1-12-10-17(7-8-18(12)23)26-21(28)16-6-5-9-27(11-16)20-19-13(2)14(3)29-22(19)25-15(4)24-20/h7-8,10,16H,5-6,9,11H2,1-4H3,(H,26,28)/t16-/m0/s1. The molecule has 1 aliphatic rings. The zero-order chi connectivity index (χ0) is 20.7. The van der Waals surface area contributed by atoms with Crippen LogP contribution in [-0.4, -0.2) is 29.0 Å². The Hall–Kier alpha value is -2.41. The lowest BCUT2D eigenvalue weighted by Crippen LogP contribution is -2.41. The topological polar surface area (TPSA) is 71.3 Å². The van der Waals surface area contributed by atoms with Gasteiger partial charge in [-0.1, -0.05) is 15.9 Å². The number of amides is 1. The smallest absolute Gasteiger partial charge is 0.231 e. The van der Waals surface area contributed by atoms with Crippen molar-refractivity contribution in [1.82, 2.24) is 9.97 Å². The molecule has 1 atom stereocenters. The van der Waals surface area contributed by atoms with E-state index in [-0.39, 0.29) is 11.8 Å². The van der Waals surface area contributed by atoms with Gasteiger partial charge in [-0.15, -0.1) is 0 Å². The molecule has 29 heavy (non-hydrogen) atoms. The van der Waals surface area contributed by atoms with Gasteiger partial charge in [-0.25, -0.2) is 4.98 Å². The van der Waals surface area contributed by atoms with Crippen LogP contribution in [-0.2, 0) is 4.79 Å². The van der Waals surface area contributed by atoms with Crippen molar-refractivity contribution in [3.8, 4) is 0 Å². The number of aromatic nitrogens is 2. The first-order valence-electron chi connectivity index (χ1n) is 9.90. The number of rotatable bonds is 3. The van der Waals surface area contributed by atoms with Crippen molar-refractivity contribution in [2.24, 2.45) is 5.92 Å². The molecule has 0 unspecified atom stereocenters. The molecule has 0 saturated carbocycles. The lowest BCUT2D eigenvalue weighted by Gasteiger charge is -2.33. The highest BCUT2D eigenvalue weighted by atomic mass is 79.9. The molecule has 1 N–H and O–H groups in total. The second kappa shape index (κ2) is 7.78. The zero-order valence-corrected chi connectivity index (χ0v) is 18.8. The van der Waals surface area contributed by atoms with Crippen LogP contribution in [0.3, 0.4) is 0 Å². The average Bonchev–Trinajstić information content (AvgIpc) is 2.97. The normalized spacial score (nSPS) is 17.0. The van der Waals surface area contributed by atoms with Gasteiger partial charge in [-0.3, -0.25) is 4.79 Å². The number of fused-ring (bicyclic) bond motifs is 1. The molecule has 1 aliphatic heterocycles. The lowest BCUT2D eigenvalue weighted by atomic mass is 9.96. The Bertz CT molecular complexity index is 1090. The Morgan fingerprint density at radius 2 is 2.03 bits per heavy atom. The molecule has 0 spiro atoms. The van der Waals surface area contributed by atoms with Crippen LogP contribution < -0.4 is 10.2 Å². The van der Waals surface area contributed by atoms with Gasteiger partial charge in [0.1, 0.15) is 17.4 Å². The van der Waals surface area contributed by atoms with Crippen LogP contribution in [0.15, 0.2) is 27.1 Å². The quantitative estimate of drug-likeness (QED) is 0.595. The van der Waals surface area contributed by atoms with Crippen molar-refractivity contribution in [2.45, 2.75) is 40.5 Å². The molecule has 1 saturated heterocycles. The minimum Gasteiger partial charge on any atom is -0.443 e. The van der Waals surface area contributed by atoms with Crippen LogP contribution in [0.2, 0.25) is 0 Å². The third kappa shape index (κ3) is 3.88. The minimum atomic E-state index is -0.0914. The summed E-state index contributed by atoms with van der Waals surface area (Å²) in [4.78, 5) is 24.3. The van der Waals surface area contributed by atoms with Gasteiger partial charge in [-0.05, 0) is 64.3 Å². The number of benzene rings is 1. The van der Waals surface area contributed by atoms with E-state index in [1.54, 1.807) is 0 Å². The molecule has 1 aromatic carbocycles. The molecular weight excluding hydrogens is 432 g/mol. The summed E-state index contributed by atoms with van der Waals surface area (Å²) in [5.41, 5.74) is 3.61.